The first kappa shape index (κ1) is 16.8. The second-order valence-corrected chi connectivity index (χ2v) is 5.61. The summed E-state index contributed by atoms with van der Waals surface area (Å²) in [5.74, 6) is 0.614. The minimum Gasteiger partial charge on any atom is -0.395 e. The SMILES string of the molecule is Cn1ccnc1CN(CCO)C(=O)c1ccc(Cn2cnnn2)cc1. The lowest BCUT2D eigenvalue weighted by Crippen LogP contribution is -2.34. The van der Waals surface area contributed by atoms with Crippen molar-refractivity contribution >= 4 is 5.91 Å². The molecule has 3 rings (SSSR count). The van der Waals surface area contributed by atoms with Gasteiger partial charge in [0.05, 0.1) is 19.7 Å². The quantitative estimate of drug-likeness (QED) is 0.653. The van der Waals surface area contributed by atoms with E-state index in [1.54, 1.807) is 27.9 Å². The zero-order chi connectivity index (χ0) is 17.6. The van der Waals surface area contributed by atoms with Crippen LogP contribution in [0.3, 0.4) is 0 Å². The molecule has 0 aliphatic carbocycles. The van der Waals surface area contributed by atoms with Crippen LogP contribution in [0.25, 0.3) is 0 Å². The molecule has 0 atom stereocenters. The highest BCUT2D eigenvalue weighted by Crippen LogP contribution is 2.11. The molecule has 2 heterocycles. The minimum atomic E-state index is -0.147. The minimum absolute atomic E-state index is 0.104. The molecule has 0 saturated carbocycles. The van der Waals surface area contributed by atoms with Crippen molar-refractivity contribution in [3.63, 3.8) is 0 Å². The van der Waals surface area contributed by atoms with E-state index in [2.05, 4.69) is 20.5 Å². The number of hydrogen-bond acceptors (Lipinski definition) is 6. The van der Waals surface area contributed by atoms with Gasteiger partial charge in [0.25, 0.3) is 5.91 Å². The highest BCUT2D eigenvalue weighted by molar-refractivity contribution is 5.94. The van der Waals surface area contributed by atoms with Crippen molar-refractivity contribution in [2.45, 2.75) is 13.1 Å². The van der Waals surface area contributed by atoms with Crippen LogP contribution in [0.2, 0.25) is 0 Å². The van der Waals surface area contributed by atoms with Gasteiger partial charge in [0.2, 0.25) is 0 Å². The van der Waals surface area contributed by atoms with Crippen LogP contribution in [-0.2, 0) is 20.1 Å². The van der Waals surface area contributed by atoms with Crippen molar-refractivity contribution in [1.82, 2.24) is 34.7 Å². The van der Waals surface area contributed by atoms with E-state index in [4.69, 9.17) is 0 Å². The number of carbonyl (C=O) groups is 1. The lowest BCUT2D eigenvalue weighted by molar-refractivity contribution is 0.0701. The average Bonchev–Trinajstić information content (AvgIpc) is 3.27. The predicted octanol–water partition coefficient (Wildman–Crippen LogP) is 0.0896. The van der Waals surface area contributed by atoms with Gasteiger partial charge in [0.15, 0.2) is 0 Å². The fourth-order valence-electron chi connectivity index (χ4n) is 2.47. The topological polar surface area (TPSA) is 102 Å². The third kappa shape index (κ3) is 4.07. The maximum atomic E-state index is 12.7. The summed E-state index contributed by atoms with van der Waals surface area (Å²) in [6.07, 6.45) is 5.05. The molecule has 0 bridgehead atoms. The molecule has 0 radical (unpaired) electrons. The number of aliphatic hydroxyl groups is 1. The number of imidazole rings is 1. The lowest BCUT2D eigenvalue weighted by Gasteiger charge is -2.21. The van der Waals surface area contributed by atoms with Gasteiger partial charge in [-0.1, -0.05) is 12.1 Å². The Kier molecular flexibility index (Phi) is 5.14. The number of tetrazole rings is 1. The smallest absolute Gasteiger partial charge is 0.254 e. The van der Waals surface area contributed by atoms with E-state index in [-0.39, 0.29) is 19.1 Å². The van der Waals surface area contributed by atoms with Gasteiger partial charge >= 0.3 is 0 Å². The summed E-state index contributed by atoms with van der Waals surface area (Å²) >= 11 is 0. The summed E-state index contributed by atoms with van der Waals surface area (Å²) in [7, 11) is 1.87. The fourth-order valence-corrected chi connectivity index (χ4v) is 2.47. The van der Waals surface area contributed by atoms with E-state index >= 15 is 0 Å². The zero-order valence-corrected chi connectivity index (χ0v) is 13.9. The van der Waals surface area contributed by atoms with Crippen LogP contribution < -0.4 is 0 Å². The number of benzene rings is 1. The predicted molar refractivity (Wildman–Crippen MR) is 88.4 cm³/mol. The zero-order valence-electron chi connectivity index (χ0n) is 13.9. The van der Waals surface area contributed by atoms with E-state index in [0.717, 1.165) is 11.4 Å². The molecule has 0 saturated heterocycles. The first-order valence-corrected chi connectivity index (χ1v) is 7.83. The van der Waals surface area contributed by atoms with E-state index in [1.165, 1.54) is 6.33 Å². The highest BCUT2D eigenvalue weighted by atomic mass is 16.3. The van der Waals surface area contributed by atoms with Gasteiger partial charge in [-0.05, 0) is 28.1 Å². The fraction of sp³-hybridized carbons (Fsp3) is 0.312. The Hall–Kier alpha value is -3.07. The third-order valence-electron chi connectivity index (χ3n) is 3.85. The molecule has 0 aliphatic heterocycles. The van der Waals surface area contributed by atoms with Gasteiger partial charge in [-0.15, -0.1) is 5.10 Å². The van der Waals surface area contributed by atoms with Crippen LogP contribution in [0.5, 0.6) is 0 Å². The number of nitrogens with zero attached hydrogens (tertiary/aromatic N) is 7. The molecule has 0 fully saturated rings. The maximum Gasteiger partial charge on any atom is 0.254 e. The van der Waals surface area contributed by atoms with E-state index in [0.29, 0.717) is 18.7 Å². The summed E-state index contributed by atoms with van der Waals surface area (Å²) < 4.78 is 3.46. The standard InChI is InChI=1S/C16H19N7O2/c1-21-7-6-17-15(21)11-22(8-9-24)16(25)14-4-2-13(3-5-14)10-23-12-18-19-20-23/h2-7,12,24H,8-11H2,1H3. The van der Waals surface area contributed by atoms with Crippen LogP contribution in [-0.4, -0.2) is 58.8 Å². The molecule has 0 spiro atoms. The number of aryl methyl sites for hydroxylation is 1. The van der Waals surface area contributed by atoms with Crippen LogP contribution in [0.1, 0.15) is 21.7 Å². The second kappa shape index (κ2) is 7.67. The summed E-state index contributed by atoms with van der Waals surface area (Å²) in [6, 6.07) is 7.27. The molecule has 0 unspecified atom stereocenters. The van der Waals surface area contributed by atoms with Crippen molar-refractivity contribution < 1.29 is 9.90 Å². The van der Waals surface area contributed by atoms with Crippen molar-refractivity contribution in [2.24, 2.45) is 7.05 Å². The number of aliphatic hydroxyl groups excluding tert-OH is 1. The molecule has 9 nitrogen and oxygen atoms in total. The molecular weight excluding hydrogens is 322 g/mol. The molecule has 130 valence electrons. The molecule has 2 aromatic heterocycles. The number of carbonyl (C=O) groups excluding carboxylic acids is 1. The normalized spacial score (nSPS) is 10.8. The Morgan fingerprint density at radius 2 is 2.08 bits per heavy atom. The van der Waals surface area contributed by atoms with E-state index in [9.17, 15) is 9.90 Å². The van der Waals surface area contributed by atoms with E-state index in [1.807, 2.05) is 29.9 Å². The number of aromatic nitrogens is 6. The van der Waals surface area contributed by atoms with Crippen LogP contribution in [0.4, 0.5) is 0 Å². The summed E-state index contributed by atoms with van der Waals surface area (Å²) in [4.78, 5) is 18.6. The summed E-state index contributed by atoms with van der Waals surface area (Å²) in [5.41, 5.74) is 1.55. The van der Waals surface area contributed by atoms with Gasteiger partial charge in [0.1, 0.15) is 12.2 Å². The molecule has 0 aliphatic rings. The Bertz CT molecular complexity index is 811. The number of amides is 1. The number of rotatable bonds is 7. The van der Waals surface area contributed by atoms with Crippen LogP contribution in [0.15, 0.2) is 43.0 Å². The monoisotopic (exact) mass is 341 g/mol. The first-order chi connectivity index (χ1) is 12.2. The van der Waals surface area contributed by atoms with Gasteiger partial charge < -0.3 is 14.6 Å². The third-order valence-corrected chi connectivity index (χ3v) is 3.85. The van der Waals surface area contributed by atoms with Crippen LogP contribution >= 0.6 is 0 Å². The van der Waals surface area contributed by atoms with Crippen LogP contribution in [0, 0.1) is 0 Å². The van der Waals surface area contributed by atoms with Crippen molar-refractivity contribution in [3.05, 3.63) is 59.9 Å². The van der Waals surface area contributed by atoms with Crippen molar-refractivity contribution in [3.8, 4) is 0 Å². The Morgan fingerprint density at radius 3 is 2.68 bits per heavy atom. The average molecular weight is 341 g/mol. The number of hydrogen-bond donors (Lipinski definition) is 1. The lowest BCUT2D eigenvalue weighted by atomic mass is 10.1. The summed E-state index contributed by atoms with van der Waals surface area (Å²) in [5, 5.41) is 20.3. The molecule has 1 amide bonds. The molecule has 1 aromatic carbocycles. The second-order valence-electron chi connectivity index (χ2n) is 5.61. The molecule has 1 N–H and O–H groups in total. The van der Waals surface area contributed by atoms with Crippen molar-refractivity contribution in [1.29, 1.82) is 0 Å². The summed E-state index contributed by atoms with van der Waals surface area (Å²) in [6.45, 7) is 1.02. The first-order valence-electron chi connectivity index (χ1n) is 7.83. The molecule has 25 heavy (non-hydrogen) atoms. The van der Waals surface area contributed by atoms with Gasteiger partial charge in [-0.3, -0.25) is 4.79 Å². The Morgan fingerprint density at radius 1 is 1.28 bits per heavy atom. The highest BCUT2D eigenvalue weighted by Gasteiger charge is 2.17. The van der Waals surface area contributed by atoms with Crippen molar-refractivity contribution in [2.75, 3.05) is 13.2 Å². The Labute approximate surface area is 144 Å². The van der Waals surface area contributed by atoms with E-state index < -0.39 is 0 Å². The Balaban J connectivity index is 1.71. The molecular formula is C16H19N7O2. The molecule has 9 heteroatoms. The largest absolute Gasteiger partial charge is 0.395 e. The van der Waals surface area contributed by atoms with Gasteiger partial charge in [-0.2, -0.15) is 0 Å². The van der Waals surface area contributed by atoms with Gasteiger partial charge in [0, 0.05) is 31.5 Å². The van der Waals surface area contributed by atoms with Gasteiger partial charge in [-0.25, -0.2) is 9.67 Å². The molecule has 3 aromatic rings. The maximum absolute atomic E-state index is 12.7.